The lowest BCUT2D eigenvalue weighted by Gasteiger charge is -2.20. The van der Waals surface area contributed by atoms with Crippen LogP contribution in [0.25, 0.3) is 0 Å². The molecule has 7 heteroatoms. The molecule has 1 aliphatic heterocycles. The van der Waals surface area contributed by atoms with E-state index in [-0.39, 0.29) is 23.8 Å². The minimum absolute atomic E-state index is 0.0580. The normalized spacial score (nSPS) is 20.8. The molecule has 4 rings (SSSR count). The Morgan fingerprint density at radius 2 is 2.24 bits per heavy atom. The molecule has 0 aromatic carbocycles. The third-order valence-electron chi connectivity index (χ3n) is 4.87. The van der Waals surface area contributed by atoms with Crippen LogP contribution in [-0.4, -0.2) is 38.5 Å². The summed E-state index contributed by atoms with van der Waals surface area (Å²) >= 11 is 0. The van der Waals surface area contributed by atoms with E-state index in [4.69, 9.17) is 4.52 Å². The zero-order valence-corrected chi connectivity index (χ0v) is 14.4. The first kappa shape index (κ1) is 16.2. The molecule has 1 N–H and O–H groups in total. The molecule has 2 aromatic rings. The minimum Gasteiger partial charge on any atom is -0.346 e. The quantitative estimate of drug-likeness (QED) is 0.867. The third kappa shape index (κ3) is 3.71. The predicted octanol–water partition coefficient (Wildman–Crippen LogP) is 2.26. The number of nitrogens with one attached hydrogen (secondary N) is 1. The molecule has 0 spiro atoms. The largest absolute Gasteiger partial charge is 0.346 e. The molecule has 7 nitrogen and oxygen atoms in total. The highest BCUT2D eigenvalue weighted by Crippen LogP contribution is 2.32. The summed E-state index contributed by atoms with van der Waals surface area (Å²) in [5.41, 5.74) is 2.28. The van der Waals surface area contributed by atoms with Gasteiger partial charge < -0.3 is 9.84 Å². The summed E-state index contributed by atoms with van der Waals surface area (Å²) in [6.45, 7) is 3.84. The van der Waals surface area contributed by atoms with Gasteiger partial charge in [0.15, 0.2) is 0 Å². The van der Waals surface area contributed by atoms with Crippen LogP contribution in [0.3, 0.4) is 0 Å². The van der Waals surface area contributed by atoms with Crippen LogP contribution in [-0.2, 0) is 13.0 Å². The highest BCUT2D eigenvalue weighted by molar-refractivity contribution is 5.90. The zero-order valence-electron chi connectivity index (χ0n) is 14.4. The Hall–Kier alpha value is -2.28. The number of carbonyl (C=O) groups excluding carboxylic acids is 1. The molecule has 132 valence electrons. The van der Waals surface area contributed by atoms with Crippen LogP contribution >= 0.6 is 0 Å². The van der Waals surface area contributed by atoms with Gasteiger partial charge in [0.05, 0.1) is 11.7 Å². The van der Waals surface area contributed by atoms with E-state index in [0.29, 0.717) is 5.89 Å². The number of carbonyl (C=O) groups is 1. The summed E-state index contributed by atoms with van der Waals surface area (Å²) < 4.78 is 5.39. The molecule has 25 heavy (non-hydrogen) atoms. The Balaban J connectivity index is 1.43. The zero-order chi connectivity index (χ0) is 17.2. The second-order valence-corrected chi connectivity index (χ2v) is 6.84. The summed E-state index contributed by atoms with van der Waals surface area (Å²) in [6, 6.07) is 4.55. The number of hydrogen-bond donors (Lipinski definition) is 1. The summed E-state index contributed by atoms with van der Waals surface area (Å²) in [5, 5.41) is 6.75. The molecule has 0 unspecified atom stereocenters. The summed E-state index contributed by atoms with van der Waals surface area (Å²) in [6.07, 6.45) is 7.04. The molecular formula is C18H23N5O2. The second-order valence-electron chi connectivity index (χ2n) is 6.84. The number of likely N-dealkylation sites (tertiary alicyclic amines) is 1. The fraction of sp³-hybridized carbons (Fsp3) is 0.556. The van der Waals surface area contributed by atoms with Crippen molar-refractivity contribution in [2.24, 2.45) is 0 Å². The van der Waals surface area contributed by atoms with E-state index < -0.39 is 0 Å². The van der Waals surface area contributed by atoms with E-state index in [9.17, 15) is 4.79 Å². The average Bonchev–Trinajstić information content (AvgIpc) is 3.12. The Morgan fingerprint density at radius 3 is 2.96 bits per heavy atom. The minimum atomic E-state index is -0.237. The number of hydrogen-bond acceptors (Lipinski definition) is 6. The van der Waals surface area contributed by atoms with Crippen molar-refractivity contribution in [3.63, 3.8) is 0 Å². The van der Waals surface area contributed by atoms with Crippen molar-refractivity contribution >= 4 is 5.91 Å². The lowest BCUT2D eigenvalue weighted by atomic mass is 10.2. The number of aromatic nitrogens is 3. The van der Waals surface area contributed by atoms with Crippen LogP contribution in [0.4, 0.5) is 0 Å². The number of rotatable bonds is 6. The number of nitrogens with zero attached hydrogens (tertiary/aromatic N) is 4. The highest BCUT2D eigenvalue weighted by Gasteiger charge is 2.32. The van der Waals surface area contributed by atoms with Crippen LogP contribution in [0.2, 0.25) is 0 Å². The molecule has 1 saturated carbocycles. The molecule has 1 amide bonds. The van der Waals surface area contributed by atoms with Gasteiger partial charge in [0, 0.05) is 18.8 Å². The van der Waals surface area contributed by atoms with Crippen molar-refractivity contribution in [3.05, 3.63) is 41.3 Å². The number of amides is 1. The van der Waals surface area contributed by atoms with Gasteiger partial charge in [-0.1, -0.05) is 18.1 Å². The Labute approximate surface area is 146 Å². The van der Waals surface area contributed by atoms with E-state index in [2.05, 4.69) is 44.4 Å². The average molecular weight is 341 g/mol. The molecule has 2 aromatic heterocycles. The van der Waals surface area contributed by atoms with Crippen molar-refractivity contribution < 1.29 is 9.32 Å². The van der Waals surface area contributed by atoms with Crippen molar-refractivity contribution in [1.82, 2.24) is 25.3 Å². The first-order chi connectivity index (χ1) is 12.2. The van der Waals surface area contributed by atoms with Crippen LogP contribution in [0.15, 0.2) is 22.9 Å². The van der Waals surface area contributed by atoms with E-state index >= 15 is 0 Å². The smallest absolute Gasteiger partial charge is 0.292 e. The molecule has 1 saturated heterocycles. The van der Waals surface area contributed by atoms with Crippen molar-refractivity contribution in [2.75, 3.05) is 6.54 Å². The van der Waals surface area contributed by atoms with E-state index in [1.807, 2.05) is 6.20 Å². The van der Waals surface area contributed by atoms with Gasteiger partial charge in [-0.3, -0.25) is 14.7 Å². The first-order valence-corrected chi connectivity index (χ1v) is 9.05. The Kier molecular flexibility index (Phi) is 4.48. The second kappa shape index (κ2) is 6.92. The fourth-order valence-electron chi connectivity index (χ4n) is 3.20. The van der Waals surface area contributed by atoms with Crippen LogP contribution in [0.5, 0.6) is 0 Å². The van der Waals surface area contributed by atoms with Gasteiger partial charge in [0.2, 0.25) is 5.89 Å². The maximum Gasteiger partial charge on any atom is 0.292 e. The Bertz CT molecular complexity index is 738. The molecular weight excluding hydrogens is 318 g/mol. The standard InChI is InChI=1S/C18H23N5O2/c1-2-12-5-6-14(19-10-12)11-23-9-3-4-15(23)18-21-16(22-25-18)17(24)20-13-7-8-13/h5-6,10,13,15H,2-4,7-9,11H2,1H3,(H,20,24)/t15-/m0/s1. The molecule has 2 fully saturated rings. The third-order valence-corrected chi connectivity index (χ3v) is 4.87. The summed E-state index contributed by atoms with van der Waals surface area (Å²) in [4.78, 5) is 23.2. The summed E-state index contributed by atoms with van der Waals surface area (Å²) in [7, 11) is 0. The monoisotopic (exact) mass is 341 g/mol. The maximum absolute atomic E-state index is 12.0. The van der Waals surface area contributed by atoms with Crippen LogP contribution < -0.4 is 5.32 Å². The van der Waals surface area contributed by atoms with Crippen molar-refractivity contribution in [3.8, 4) is 0 Å². The molecule has 2 aliphatic rings. The van der Waals surface area contributed by atoms with Crippen molar-refractivity contribution in [1.29, 1.82) is 0 Å². The SMILES string of the molecule is CCc1ccc(CN2CCC[C@H]2c2nc(C(=O)NC3CC3)no2)nc1. The van der Waals surface area contributed by atoms with E-state index in [1.165, 1.54) is 5.56 Å². The van der Waals surface area contributed by atoms with Gasteiger partial charge in [0.1, 0.15) is 0 Å². The lowest BCUT2D eigenvalue weighted by molar-refractivity contribution is 0.0937. The summed E-state index contributed by atoms with van der Waals surface area (Å²) in [5.74, 6) is 0.432. The topological polar surface area (TPSA) is 84.2 Å². The van der Waals surface area contributed by atoms with E-state index in [1.54, 1.807) is 0 Å². The molecule has 0 radical (unpaired) electrons. The van der Waals surface area contributed by atoms with E-state index in [0.717, 1.165) is 50.9 Å². The highest BCUT2D eigenvalue weighted by atomic mass is 16.5. The van der Waals surface area contributed by atoms with Gasteiger partial charge in [-0.05, 0) is 50.3 Å². The molecule has 3 heterocycles. The first-order valence-electron chi connectivity index (χ1n) is 9.05. The fourth-order valence-corrected chi connectivity index (χ4v) is 3.20. The lowest BCUT2D eigenvalue weighted by Crippen LogP contribution is -2.27. The van der Waals surface area contributed by atoms with Crippen LogP contribution in [0.1, 0.15) is 66.4 Å². The van der Waals surface area contributed by atoms with Gasteiger partial charge in [0.25, 0.3) is 11.7 Å². The maximum atomic E-state index is 12.0. The Morgan fingerprint density at radius 1 is 1.36 bits per heavy atom. The van der Waals surface area contributed by atoms with Crippen molar-refractivity contribution in [2.45, 2.75) is 57.7 Å². The van der Waals surface area contributed by atoms with Gasteiger partial charge in [-0.25, -0.2) is 0 Å². The van der Waals surface area contributed by atoms with Crippen LogP contribution in [0, 0.1) is 0 Å². The van der Waals surface area contributed by atoms with Gasteiger partial charge in [-0.2, -0.15) is 4.98 Å². The van der Waals surface area contributed by atoms with Gasteiger partial charge in [-0.15, -0.1) is 0 Å². The number of pyridine rings is 1. The van der Waals surface area contributed by atoms with Gasteiger partial charge >= 0.3 is 0 Å². The number of aryl methyl sites for hydroxylation is 1. The predicted molar refractivity (Wildman–Crippen MR) is 90.8 cm³/mol. The molecule has 1 atom stereocenters. The molecule has 1 aliphatic carbocycles. The molecule has 0 bridgehead atoms.